The van der Waals surface area contributed by atoms with Crippen LogP contribution in [0.5, 0.6) is 0 Å². The van der Waals surface area contributed by atoms with E-state index in [2.05, 4.69) is 5.16 Å². The van der Waals surface area contributed by atoms with Crippen molar-refractivity contribution in [2.45, 2.75) is 11.7 Å². The van der Waals surface area contributed by atoms with Gasteiger partial charge in [0, 0.05) is 5.56 Å². The normalized spacial score (nSPS) is 18.2. The number of sulfonamides is 1. The fraction of sp³-hybridized carbons (Fsp3) is 0.133. The molecular weight excluding hydrogens is 302 g/mol. The zero-order chi connectivity index (χ0) is 15.7. The monoisotopic (exact) mass is 317 g/mol. The molecular formula is C15H15N3O3S. The average Bonchev–Trinajstić information content (AvgIpc) is 2.89. The van der Waals surface area contributed by atoms with Crippen molar-refractivity contribution in [3.05, 3.63) is 54.1 Å². The van der Waals surface area contributed by atoms with Crippen LogP contribution in [-0.4, -0.2) is 18.8 Å². The van der Waals surface area contributed by atoms with E-state index >= 15 is 0 Å². The number of anilines is 1. The van der Waals surface area contributed by atoms with Crippen LogP contribution < -0.4 is 10.9 Å². The molecule has 2 aromatic rings. The molecule has 1 aliphatic rings. The number of aromatic nitrogens is 1. The number of benzene rings is 1. The molecule has 6 nitrogen and oxygen atoms in total. The second-order valence-electron chi connectivity index (χ2n) is 5.02. The second kappa shape index (κ2) is 5.43. The predicted molar refractivity (Wildman–Crippen MR) is 85.0 cm³/mol. The minimum Gasteiger partial charge on any atom is -0.367 e. The summed E-state index contributed by atoms with van der Waals surface area (Å²) in [6.07, 6.45) is 5.33. The van der Waals surface area contributed by atoms with E-state index in [0.29, 0.717) is 17.7 Å². The van der Waals surface area contributed by atoms with E-state index in [9.17, 15) is 8.42 Å². The molecule has 0 saturated heterocycles. The van der Waals surface area contributed by atoms with Crippen molar-refractivity contribution >= 4 is 21.5 Å². The van der Waals surface area contributed by atoms with Gasteiger partial charge in [-0.15, -0.1) is 0 Å². The third-order valence-electron chi connectivity index (χ3n) is 3.54. The van der Waals surface area contributed by atoms with Gasteiger partial charge in [-0.2, -0.15) is 0 Å². The molecule has 1 unspecified atom stereocenters. The SMILES string of the molecule is Nc1onc(-c2ccccc2)c1C1=CCC(S(N)(=O)=O)C=C1. The number of nitrogen functional groups attached to an aromatic ring is 1. The van der Waals surface area contributed by atoms with Gasteiger partial charge in [-0.25, -0.2) is 13.6 Å². The van der Waals surface area contributed by atoms with Crippen molar-refractivity contribution in [1.29, 1.82) is 0 Å². The Morgan fingerprint density at radius 3 is 2.55 bits per heavy atom. The van der Waals surface area contributed by atoms with E-state index in [4.69, 9.17) is 15.4 Å². The summed E-state index contributed by atoms with van der Waals surface area (Å²) >= 11 is 0. The molecule has 22 heavy (non-hydrogen) atoms. The van der Waals surface area contributed by atoms with Gasteiger partial charge in [-0.3, -0.25) is 0 Å². The quantitative estimate of drug-likeness (QED) is 0.898. The van der Waals surface area contributed by atoms with Crippen LogP contribution in [0.4, 0.5) is 5.88 Å². The Labute approximate surface area is 128 Å². The molecule has 1 atom stereocenters. The minimum absolute atomic E-state index is 0.198. The van der Waals surface area contributed by atoms with Crippen LogP contribution in [0.25, 0.3) is 16.8 Å². The number of rotatable bonds is 3. The fourth-order valence-corrected chi connectivity index (χ4v) is 3.07. The first kappa shape index (κ1) is 14.6. The van der Waals surface area contributed by atoms with E-state index < -0.39 is 15.3 Å². The smallest absolute Gasteiger partial charge is 0.230 e. The number of nitrogens with two attached hydrogens (primary N) is 2. The van der Waals surface area contributed by atoms with E-state index in [1.807, 2.05) is 30.3 Å². The van der Waals surface area contributed by atoms with E-state index in [0.717, 1.165) is 11.1 Å². The Kier molecular flexibility index (Phi) is 3.59. The van der Waals surface area contributed by atoms with Crippen molar-refractivity contribution in [3.63, 3.8) is 0 Å². The molecule has 1 aliphatic carbocycles. The molecule has 7 heteroatoms. The lowest BCUT2D eigenvalue weighted by atomic mass is 9.96. The average molecular weight is 317 g/mol. The van der Waals surface area contributed by atoms with Crippen LogP contribution in [0.3, 0.4) is 0 Å². The lowest BCUT2D eigenvalue weighted by molar-refractivity contribution is 0.439. The molecule has 0 saturated carbocycles. The first-order valence-corrected chi connectivity index (χ1v) is 8.28. The van der Waals surface area contributed by atoms with Crippen molar-refractivity contribution in [1.82, 2.24) is 5.16 Å². The Morgan fingerprint density at radius 2 is 1.95 bits per heavy atom. The standard InChI is InChI=1S/C15H15N3O3S/c16-15-13(10-6-8-12(9-7-10)22(17,19)20)14(18-21-15)11-4-2-1-3-5-11/h1-8,12H,9,16H2,(H2,17,19,20). The first-order valence-electron chi connectivity index (χ1n) is 6.67. The summed E-state index contributed by atoms with van der Waals surface area (Å²) in [5.74, 6) is 0.198. The zero-order valence-corrected chi connectivity index (χ0v) is 12.5. The molecule has 0 bridgehead atoms. The maximum Gasteiger partial charge on any atom is 0.230 e. The second-order valence-corrected chi connectivity index (χ2v) is 6.80. The molecule has 3 rings (SSSR count). The van der Waals surface area contributed by atoms with Gasteiger partial charge in [0.05, 0.1) is 10.8 Å². The molecule has 114 valence electrons. The van der Waals surface area contributed by atoms with Crippen LogP contribution in [0, 0.1) is 0 Å². The Morgan fingerprint density at radius 1 is 1.23 bits per heavy atom. The van der Waals surface area contributed by atoms with Gasteiger partial charge >= 0.3 is 0 Å². The summed E-state index contributed by atoms with van der Waals surface area (Å²) in [7, 11) is -3.59. The molecule has 1 aromatic heterocycles. The Hall–Kier alpha value is -2.38. The molecule has 4 N–H and O–H groups in total. The predicted octanol–water partition coefficient (Wildman–Crippen LogP) is 1.92. The highest BCUT2D eigenvalue weighted by molar-refractivity contribution is 7.89. The maximum atomic E-state index is 11.4. The summed E-state index contributed by atoms with van der Waals surface area (Å²) in [5.41, 5.74) is 8.82. The lowest BCUT2D eigenvalue weighted by Gasteiger charge is -2.14. The van der Waals surface area contributed by atoms with Crippen molar-refractivity contribution < 1.29 is 12.9 Å². The van der Waals surface area contributed by atoms with Crippen molar-refractivity contribution in [2.24, 2.45) is 5.14 Å². The lowest BCUT2D eigenvalue weighted by Crippen LogP contribution is -2.27. The summed E-state index contributed by atoms with van der Waals surface area (Å²) < 4.78 is 27.9. The molecule has 0 amide bonds. The minimum atomic E-state index is -3.59. The van der Waals surface area contributed by atoms with E-state index in [-0.39, 0.29) is 5.88 Å². The molecule has 1 aromatic carbocycles. The molecule has 0 spiro atoms. The molecule has 0 radical (unpaired) electrons. The van der Waals surface area contributed by atoms with Crippen LogP contribution >= 0.6 is 0 Å². The fourth-order valence-electron chi connectivity index (χ4n) is 2.40. The van der Waals surface area contributed by atoms with Crippen LogP contribution in [0.1, 0.15) is 12.0 Å². The van der Waals surface area contributed by atoms with Gasteiger partial charge in [0.15, 0.2) is 0 Å². The number of nitrogens with zero attached hydrogens (tertiary/aromatic N) is 1. The molecule has 1 heterocycles. The number of allylic oxidation sites excluding steroid dienone is 3. The summed E-state index contributed by atoms with van der Waals surface area (Å²) in [4.78, 5) is 0. The number of hydrogen-bond acceptors (Lipinski definition) is 5. The number of primary sulfonamides is 1. The zero-order valence-electron chi connectivity index (χ0n) is 11.6. The summed E-state index contributed by atoms with van der Waals surface area (Å²) in [6.45, 7) is 0. The highest BCUT2D eigenvalue weighted by Crippen LogP contribution is 2.35. The highest BCUT2D eigenvalue weighted by atomic mass is 32.2. The Bertz CT molecular complexity index is 851. The maximum absolute atomic E-state index is 11.4. The van der Waals surface area contributed by atoms with Gasteiger partial charge in [0.2, 0.25) is 15.9 Å². The van der Waals surface area contributed by atoms with Crippen LogP contribution in [0.2, 0.25) is 0 Å². The first-order chi connectivity index (χ1) is 10.5. The third kappa shape index (κ3) is 2.68. The van der Waals surface area contributed by atoms with Gasteiger partial charge < -0.3 is 10.3 Å². The van der Waals surface area contributed by atoms with E-state index in [1.54, 1.807) is 18.2 Å². The summed E-state index contributed by atoms with van der Waals surface area (Å²) in [5, 5.41) is 8.46. The van der Waals surface area contributed by atoms with Gasteiger partial charge in [0.25, 0.3) is 0 Å². The molecule has 0 fully saturated rings. The van der Waals surface area contributed by atoms with Gasteiger partial charge in [-0.05, 0) is 12.0 Å². The van der Waals surface area contributed by atoms with Crippen molar-refractivity contribution in [2.75, 3.05) is 5.73 Å². The third-order valence-corrected chi connectivity index (χ3v) is 4.73. The number of hydrogen-bond donors (Lipinski definition) is 2. The largest absolute Gasteiger partial charge is 0.367 e. The van der Waals surface area contributed by atoms with Gasteiger partial charge in [-0.1, -0.05) is 53.7 Å². The Balaban J connectivity index is 2.00. The van der Waals surface area contributed by atoms with Crippen LogP contribution in [0.15, 0.2) is 53.1 Å². The van der Waals surface area contributed by atoms with Crippen molar-refractivity contribution in [3.8, 4) is 11.3 Å². The topological polar surface area (TPSA) is 112 Å². The van der Waals surface area contributed by atoms with Gasteiger partial charge in [0.1, 0.15) is 5.69 Å². The molecule has 0 aliphatic heterocycles. The summed E-state index contributed by atoms with van der Waals surface area (Å²) in [6, 6.07) is 9.50. The van der Waals surface area contributed by atoms with Crippen LogP contribution in [-0.2, 0) is 10.0 Å². The van der Waals surface area contributed by atoms with E-state index in [1.165, 1.54) is 0 Å². The highest BCUT2D eigenvalue weighted by Gasteiger charge is 2.24.